The highest BCUT2D eigenvalue weighted by Gasteiger charge is 2.30. The number of alkyl halides is 3. The van der Waals surface area contributed by atoms with Gasteiger partial charge in [0.25, 0.3) is 0 Å². The summed E-state index contributed by atoms with van der Waals surface area (Å²) in [5, 5.41) is 0. The summed E-state index contributed by atoms with van der Waals surface area (Å²) in [7, 11) is 0. The van der Waals surface area contributed by atoms with E-state index in [9.17, 15) is 22.8 Å². The number of H-pyrrole nitrogens is 1. The Hall–Kier alpha value is -2.31. The lowest BCUT2D eigenvalue weighted by atomic mass is 10.2. The van der Waals surface area contributed by atoms with Crippen LogP contribution in [0.15, 0.2) is 46.2 Å². The van der Waals surface area contributed by atoms with E-state index in [1.54, 1.807) is 0 Å². The highest BCUT2D eigenvalue weighted by Crippen LogP contribution is 2.29. The molecule has 0 saturated carbocycles. The van der Waals surface area contributed by atoms with Gasteiger partial charge in [0.05, 0.1) is 5.56 Å². The summed E-state index contributed by atoms with van der Waals surface area (Å²) in [6.45, 7) is 0. The molecule has 0 saturated heterocycles. The number of halogens is 3. The molecule has 18 heavy (non-hydrogen) atoms. The van der Waals surface area contributed by atoms with E-state index in [0.29, 0.717) is 0 Å². The summed E-state index contributed by atoms with van der Waals surface area (Å²) in [5.41, 5.74) is -2.72. The van der Waals surface area contributed by atoms with Crippen molar-refractivity contribution in [1.82, 2.24) is 9.55 Å². The molecule has 1 N–H and O–H groups in total. The topological polar surface area (TPSA) is 54.9 Å². The van der Waals surface area contributed by atoms with Crippen molar-refractivity contribution in [2.24, 2.45) is 0 Å². The fourth-order valence-electron chi connectivity index (χ4n) is 1.46. The molecule has 2 aromatic rings. The zero-order valence-electron chi connectivity index (χ0n) is 8.86. The van der Waals surface area contributed by atoms with E-state index in [-0.39, 0.29) is 5.69 Å². The molecule has 0 aliphatic rings. The van der Waals surface area contributed by atoms with Crippen LogP contribution in [0.5, 0.6) is 0 Å². The van der Waals surface area contributed by atoms with Crippen LogP contribution in [0.3, 0.4) is 0 Å². The van der Waals surface area contributed by atoms with Crippen molar-refractivity contribution in [3.05, 3.63) is 62.9 Å². The van der Waals surface area contributed by atoms with Crippen molar-refractivity contribution in [2.75, 3.05) is 0 Å². The van der Waals surface area contributed by atoms with Crippen LogP contribution in [0.25, 0.3) is 5.69 Å². The van der Waals surface area contributed by atoms with Crippen LogP contribution in [0.2, 0.25) is 0 Å². The summed E-state index contributed by atoms with van der Waals surface area (Å²) in [4.78, 5) is 24.7. The molecular weight excluding hydrogens is 249 g/mol. The van der Waals surface area contributed by atoms with E-state index >= 15 is 0 Å². The van der Waals surface area contributed by atoms with Crippen LogP contribution in [-0.4, -0.2) is 9.55 Å². The third-order valence-electron chi connectivity index (χ3n) is 2.30. The second-order valence-electron chi connectivity index (χ2n) is 3.51. The van der Waals surface area contributed by atoms with E-state index in [0.717, 1.165) is 16.7 Å². The summed E-state index contributed by atoms with van der Waals surface area (Å²) in [5.74, 6) is 0. The van der Waals surface area contributed by atoms with E-state index in [1.807, 2.05) is 0 Å². The molecule has 0 radical (unpaired) electrons. The molecular formula is C11H7F3N2O2. The molecule has 0 spiro atoms. The maximum absolute atomic E-state index is 12.5. The Balaban J connectivity index is 2.63. The largest absolute Gasteiger partial charge is 0.416 e. The van der Waals surface area contributed by atoms with Crippen molar-refractivity contribution in [2.45, 2.75) is 6.18 Å². The average molecular weight is 256 g/mol. The van der Waals surface area contributed by atoms with Gasteiger partial charge in [0.15, 0.2) is 0 Å². The van der Waals surface area contributed by atoms with Crippen molar-refractivity contribution < 1.29 is 13.2 Å². The molecule has 7 heteroatoms. The molecule has 0 aliphatic carbocycles. The first-order valence-corrected chi connectivity index (χ1v) is 4.87. The van der Waals surface area contributed by atoms with Crippen LogP contribution in [0.4, 0.5) is 13.2 Å². The van der Waals surface area contributed by atoms with Gasteiger partial charge >= 0.3 is 17.3 Å². The lowest BCUT2D eigenvalue weighted by molar-refractivity contribution is -0.137. The number of hydrogen-bond acceptors (Lipinski definition) is 2. The lowest BCUT2D eigenvalue weighted by Gasteiger charge is -2.09. The number of benzene rings is 1. The SMILES string of the molecule is O=c1[nH]ccn(-c2cccc(C(F)(F)F)c2)c1=O. The Labute approximate surface area is 98.3 Å². The normalized spacial score (nSPS) is 11.5. The van der Waals surface area contributed by atoms with Gasteiger partial charge in [0.1, 0.15) is 0 Å². The van der Waals surface area contributed by atoms with Gasteiger partial charge in [-0.1, -0.05) is 6.07 Å². The molecule has 1 heterocycles. The van der Waals surface area contributed by atoms with Crippen LogP contribution in [-0.2, 0) is 6.18 Å². The molecule has 0 aliphatic heterocycles. The van der Waals surface area contributed by atoms with Crippen LogP contribution < -0.4 is 11.1 Å². The molecule has 0 amide bonds. The van der Waals surface area contributed by atoms with Gasteiger partial charge < -0.3 is 4.98 Å². The standard InChI is InChI=1S/C11H7F3N2O2/c12-11(13,14)7-2-1-3-8(6-7)16-5-4-15-9(17)10(16)18/h1-6H,(H,15,17). The first-order chi connectivity index (χ1) is 8.39. The van der Waals surface area contributed by atoms with E-state index in [4.69, 9.17) is 0 Å². The lowest BCUT2D eigenvalue weighted by Crippen LogP contribution is -2.34. The smallest absolute Gasteiger partial charge is 0.323 e. The molecule has 2 rings (SSSR count). The summed E-state index contributed by atoms with van der Waals surface area (Å²) < 4.78 is 38.4. The molecule has 0 unspecified atom stereocenters. The second kappa shape index (κ2) is 4.17. The minimum absolute atomic E-state index is 0.0130. The van der Waals surface area contributed by atoms with Crippen molar-refractivity contribution in [1.29, 1.82) is 0 Å². The number of rotatable bonds is 1. The summed E-state index contributed by atoms with van der Waals surface area (Å²) >= 11 is 0. The molecule has 4 nitrogen and oxygen atoms in total. The quantitative estimate of drug-likeness (QED) is 0.787. The van der Waals surface area contributed by atoms with Gasteiger partial charge in [-0.3, -0.25) is 14.2 Å². The zero-order chi connectivity index (χ0) is 13.3. The van der Waals surface area contributed by atoms with Gasteiger partial charge in [-0.15, -0.1) is 0 Å². The zero-order valence-corrected chi connectivity index (χ0v) is 8.86. The van der Waals surface area contributed by atoms with Gasteiger partial charge in [-0.2, -0.15) is 13.2 Å². The molecule has 94 valence electrons. The third kappa shape index (κ3) is 2.20. The third-order valence-corrected chi connectivity index (χ3v) is 2.30. The molecule has 0 atom stereocenters. The minimum atomic E-state index is -4.50. The number of hydrogen-bond donors (Lipinski definition) is 1. The average Bonchev–Trinajstić information content (AvgIpc) is 2.32. The van der Waals surface area contributed by atoms with E-state index in [2.05, 4.69) is 4.98 Å². The van der Waals surface area contributed by atoms with E-state index < -0.39 is 22.9 Å². The number of aromatic amines is 1. The first kappa shape index (κ1) is 12.2. The van der Waals surface area contributed by atoms with Gasteiger partial charge in [0.2, 0.25) is 0 Å². The predicted molar refractivity (Wildman–Crippen MR) is 57.7 cm³/mol. The maximum atomic E-state index is 12.5. The molecule has 1 aromatic carbocycles. The fourth-order valence-corrected chi connectivity index (χ4v) is 1.46. The number of nitrogens with one attached hydrogen (secondary N) is 1. The number of nitrogens with zero attached hydrogens (tertiary/aromatic N) is 1. The summed E-state index contributed by atoms with van der Waals surface area (Å²) in [6, 6.07) is 4.18. The fraction of sp³-hybridized carbons (Fsp3) is 0.0909. The first-order valence-electron chi connectivity index (χ1n) is 4.87. The van der Waals surface area contributed by atoms with Gasteiger partial charge in [0, 0.05) is 18.1 Å². The highest BCUT2D eigenvalue weighted by molar-refractivity contribution is 5.37. The molecule has 0 bridgehead atoms. The summed E-state index contributed by atoms with van der Waals surface area (Å²) in [6.07, 6.45) is -2.12. The number of aromatic nitrogens is 2. The molecule has 1 aromatic heterocycles. The van der Waals surface area contributed by atoms with Crippen molar-refractivity contribution >= 4 is 0 Å². The Bertz CT molecular complexity index is 685. The highest BCUT2D eigenvalue weighted by atomic mass is 19.4. The van der Waals surface area contributed by atoms with Crippen LogP contribution in [0, 0.1) is 0 Å². The monoisotopic (exact) mass is 256 g/mol. The Kier molecular flexibility index (Phi) is 2.82. The Morgan fingerprint density at radius 1 is 1.17 bits per heavy atom. The van der Waals surface area contributed by atoms with Crippen molar-refractivity contribution in [3.8, 4) is 5.69 Å². The van der Waals surface area contributed by atoms with Crippen molar-refractivity contribution in [3.63, 3.8) is 0 Å². The Morgan fingerprint density at radius 2 is 1.89 bits per heavy atom. The second-order valence-corrected chi connectivity index (χ2v) is 3.51. The minimum Gasteiger partial charge on any atom is -0.323 e. The Morgan fingerprint density at radius 3 is 2.56 bits per heavy atom. The molecule has 0 fully saturated rings. The van der Waals surface area contributed by atoms with Gasteiger partial charge in [-0.25, -0.2) is 0 Å². The van der Waals surface area contributed by atoms with Crippen LogP contribution in [0.1, 0.15) is 5.56 Å². The maximum Gasteiger partial charge on any atom is 0.416 e. The van der Waals surface area contributed by atoms with E-state index in [1.165, 1.54) is 24.5 Å². The predicted octanol–water partition coefficient (Wildman–Crippen LogP) is 1.54. The van der Waals surface area contributed by atoms with Crippen LogP contribution >= 0.6 is 0 Å². The van der Waals surface area contributed by atoms with Gasteiger partial charge in [-0.05, 0) is 18.2 Å².